The van der Waals surface area contributed by atoms with Gasteiger partial charge in [-0.3, -0.25) is 14.5 Å². The highest BCUT2D eigenvalue weighted by Crippen LogP contribution is 2.25. The minimum absolute atomic E-state index is 0.156. The lowest BCUT2D eigenvalue weighted by Crippen LogP contribution is -2.29. The maximum Gasteiger partial charge on any atom is 0.261 e. The van der Waals surface area contributed by atoms with Gasteiger partial charge in [-0.1, -0.05) is 30.4 Å². The number of nitrogens with zero attached hydrogens (tertiary/aromatic N) is 5. The maximum atomic E-state index is 12.3. The third kappa shape index (κ3) is 1.77. The predicted octanol–water partition coefficient (Wildman–Crippen LogP) is 1.54. The van der Waals surface area contributed by atoms with E-state index in [9.17, 15) is 9.59 Å². The Morgan fingerprint density at radius 2 is 1.77 bits per heavy atom. The largest absolute Gasteiger partial charge is 0.269 e. The van der Waals surface area contributed by atoms with Gasteiger partial charge in [0.05, 0.1) is 17.7 Å². The highest BCUT2D eigenvalue weighted by atomic mass is 32.1. The molecule has 1 aromatic carbocycles. The van der Waals surface area contributed by atoms with E-state index in [0.29, 0.717) is 21.1 Å². The van der Waals surface area contributed by atoms with Crippen molar-refractivity contribution in [2.45, 2.75) is 19.9 Å². The third-order valence-corrected chi connectivity index (χ3v) is 4.47. The lowest BCUT2D eigenvalue weighted by Gasteiger charge is -2.10. The summed E-state index contributed by atoms with van der Waals surface area (Å²) in [5.74, 6) is 0.212. The number of imide groups is 1. The molecular formula is C14H11N5O2S. The third-order valence-electron chi connectivity index (χ3n) is 3.59. The van der Waals surface area contributed by atoms with Crippen molar-refractivity contribution in [3.8, 4) is 0 Å². The molecule has 8 heteroatoms. The summed E-state index contributed by atoms with van der Waals surface area (Å²) >= 11 is 1.34. The van der Waals surface area contributed by atoms with Crippen LogP contribution in [0.2, 0.25) is 0 Å². The van der Waals surface area contributed by atoms with Crippen molar-refractivity contribution in [2.75, 3.05) is 0 Å². The number of benzene rings is 1. The van der Waals surface area contributed by atoms with Crippen molar-refractivity contribution in [1.29, 1.82) is 0 Å². The van der Waals surface area contributed by atoms with Crippen LogP contribution in [-0.2, 0) is 13.0 Å². The van der Waals surface area contributed by atoms with Crippen LogP contribution < -0.4 is 0 Å². The van der Waals surface area contributed by atoms with Crippen LogP contribution in [-0.4, -0.2) is 36.5 Å². The van der Waals surface area contributed by atoms with Gasteiger partial charge in [0.25, 0.3) is 11.8 Å². The summed E-state index contributed by atoms with van der Waals surface area (Å²) in [5, 5.41) is 13.1. The summed E-state index contributed by atoms with van der Waals surface area (Å²) in [6.45, 7) is 2.13. The minimum Gasteiger partial charge on any atom is -0.269 e. The molecule has 0 atom stereocenters. The molecule has 0 fully saturated rings. The average Bonchev–Trinajstić information content (AvgIpc) is 3.16. The summed E-state index contributed by atoms with van der Waals surface area (Å²) in [6.07, 6.45) is 0.720. The first-order valence-corrected chi connectivity index (χ1v) is 7.66. The molecule has 1 aliphatic heterocycles. The number of fused-ring (bicyclic) bond motifs is 2. The van der Waals surface area contributed by atoms with E-state index in [0.717, 1.165) is 12.2 Å². The Kier molecular flexibility index (Phi) is 2.80. The number of hydrogen-bond acceptors (Lipinski definition) is 6. The molecule has 2 aromatic heterocycles. The molecule has 3 heterocycles. The summed E-state index contributed by atoms with van der Waals surface area (Å²) < 4.78 is 1.66. The molecular weight excluding hydrogens is 302 g/mol. The molecule has 3 aromatic rings. The molecule has 4 rings (SSSR count). The van der Waals surface area contributed by atoms with Crippen molar-refractivity contribution in [2.24, 2.45) is 0 Å². The lowest BCUT2D eigenvalue weighted by molar-refractivity contribution is 0.0642. The molecule has 0 saturated heterocycles. The number of carbonyl (C=O) groups excluding carboxylic acids is 2. The molecule has 2 amide bonds. The van der Waals surface area contributed by atoms with Crippen molar-refractivity contribution in [3.63, 3.8) is 0 Å². The predicted molar refractivity (Wildman–Crippen MR) is 78.7 cm³/mol. The number of amides is 2. The van der Waals surface area contributed by atoms with Crippen LogP contribution in [0.25, 0.3) is 4.96 Å². The molecule has 0 aliphatic carbocycles. The van der Waals surface area contributed by atoms with Crippen molar-refractivity contribution in [3.05, 3.63) is 46.2 Å². The zero-order valence-electron chi connectivity index (χ0n) is 11.7. The van der Waals surface area contributed by atoms with Gasteiger partial charge >= 0.3 is 0 Å². The van der Waals surface area contributed by atoms with E-state index >= 15 is 0 Å². The van der Waals surface area contributed by atoms with Gasteiger partial charge in [0.1, 0.15) is 5.01 Å². The van der Waals surface area contributed by atoms with E-state index in [1.165, 1.54) is 16.2 Å². The highest BCUT2D eigenvalue weighted by molar-refractivity contribution is 7.16. The van der Waals surface area contributed by atoms with Crippen molar-refractivity contribution >= 4 is 28.1 Å². The van der Waals surface area contributed by atoms with Gasteiger partial charge < -0.3 is 0 Å². The van der Waals surface area contributed by atoms with E-state index in [4.69, 9.17) is 0 Å². The van der Waals surface area contributed by atoms with Crippen LogP contribution in [0.4, 0.5) is 0 Å². The Morgan fingerprint density at radius 3 is 2.41 bits per heavy atom. The van der Waals surface area contributed by atoms with Gasteiger partial charge in [0.15, 0.2) is 5.82 Å². The van der Waals surface area contributed by atoms with Crippen molar-refractivity contribution in [1.82, 2.24) is 24.7 Å². The number of hydrogen-bond donors (Lipinski definition) is 0. The number of aryl methyl sites for hydroxylation is 1. The Labute approximate surface area is 129 Å². The summed E-state index contributed by atoms with van der Waals surface area (Å²) in [7, 11) is 0. The summed E-state index contributed by atoms with van der Waals surface area (Å²) in [5.41, 5.74) is 0.898. The van der Waals surface area contributed by atoms with Crippen LogP contribution in [0.5, 0.6) is 0 Å². The van der Waals surface area contributed by atoms with Crippen LogP contribution in [0, 0.1) is 0 Å². The molecule has 0 N–H and O–H groups in total. The average molecular weight is 313 g/mol. The van der Waals surface area contributed by atoms with Gasteiger partial charge in [-0.05, 0) is 12.1 Å². The summed E-state index contributed by atoms with van der Waals surface area (Å²) in [4.78, 5) is 26.6. The van der Waals surface area contributed by atoms with Gasteiger partial charge in [-0.2, -0.15) is 9.61 Å². The number of aromatic nitrogens is 4. The zero-order valence-corrected chi connectivity index (χ0v) is 12.5. The smallest absolute Gasteiger partial charge is 0.261 e. The molecule has 0 radical (unpaired) electrons. The molecule has 22 heavy (non-hydrogen) atoms. The molecule has 0 unspecified atom stereocenters. The van der Waals surface area contributed by atoms with Crippen LogP contribution in [0.15, 0.2) is 24.3 Å². The SMILES string of the molecule is CCc1nnc2sc(CN3C(=O)c4ccccc4C3=O)nn12. The molecule has 110 valence electrons. The minimum atomic E-state index is -0.276. The van der Waals surface area contributed by atoms with Crippen LogP contribution in [0.3, 0.4) is 0 Å². The van der Waals surface area contributed by atoms with Crippen molar-refractivity contribution < 1.29 is 9.59 Å². The van der Waals surface area contributed by atoms with E-state index in [1.807, 2.05) is 6.92 Å². The molecule has 0 saturated carbocycles. The van der Waals surface area contributed by atoms with E-state index < -0.39 is 0 Å². The zero-order chi connectivity index (χ0) is 15.3. The number of rotatable bonds is 3. The summed E-state index contributed by atoms with van der Waals surface area (Å²) in [6, 6.07) is 6.85. The fourth-order valence-corrected chi connectivity index (χ4v) is 3.34. The monoisotopic (exact) mass is 313 g/mol. The first-order chi connectivity index (χ1) is 10.7. The lowest BCUT2D eigenvalue weighted by atomic mass is 10.1. The van der Waals surface area contributed by atoms with E-state index in [1.54, 1.807) is 28.8 Å². The second-order valence-electron chi connectivity index (χ2n) is 4.90. The van der Waals surface area contributed by atoms with Gasteiger partial charge in [-0.15, -0.1) is 10.2 Å². The van der Waals surface area contributed by atoms with E-state index in [-0.39, 0.29) is 18.4 Å². The molecule has 7 nitrogen and oxygen atoms in total. The maximum absolute atomic E-state index is 12.3. The molecule has 0 bridgehead atoms. The Morgan fingerprint density at radius 1 is 1.09 bits per heavy atom. The molecule has 1 aliphatic rings. The highest BCUT2D eigenvalue weighted by Gasteiger charge is 2.35. The first kappa shape index (κ1) is 13.1. The topological polar surface area (TPSA) is 80.5 Å². The standard InChI is InChI=1S/C14H11N5O2S/c1-2-10-15-16-14-19(10)17-11(22-14)7-18-12(20)8-5-3-4-6-9(8)13(18)21/h3-6H,2,7H2,1H3. The number of carbonyl (C=O) groups is 2. The van der Waals surface area contributed by atoms with Gasteiger partial charge in [0.2, 0.25) is 4.96 Å². The molecule has 0 spiro atoms. The quantitative estimate of drug-likeness (QED) is 0.685. The first-order valence-electron chi connectivity index (χ1n) is 6.84. The van der Waals surface area contributed by atoms with E-state index in [2.05, 4.69) is 15.3 Å². The Balaban J connectivity index is 1.67. The second kappa shape index (κ2) is 4.70. The fourth-order valence-electron chi connectivity index (χ4n) is 2.50. The van der Waals surface area contributed by atoms with Gasteiger partial charge in [-0.25, -0.2) is 0 Å². The normalized spacial score (nSPS) is 14.1. The van der Waals surface area contributed by atoms with Gasteiger partial charge in [0, 0.05) is 6.42 Å². The van der Waals surface area contributed by atoms with Crippen LogP contribution in [0.1, 0.15) is 38.5 Å². The fraction of sp³-hybridized carbons (Fsp3) is 0.214. The Bertz CT molecular complexity index is 878. The second-order valence-corrected chi connectivity index (χ2v) is 5.94. The van der Waals surface area contributed by atoms with Crippen LogP contribution >= 0.6 is 11.3 Å². The Hall–Kier alpha value is -2.61.